The van der Waals surface area contributed by atoms with Gasteiger partial charge in [-0.15, -0.1) is 5.10 Å². The lowest BCUT2D eigenvalue weighted by molar-refractivity contribution is -0.120. The first-order valence-corrected chi connectivity index (χ1v) is 11.8. The number of aromatic amines is 1. The van der Waals surface area contributed by atoms with E-state index in [1.807, 2.05) is 13.0 Å². The van der Waals surface area contributed by atoms with Gasteiger partial charge < -0.3 is 10.1 Å². The molecule has 0 spiro atoms. The molecule has 1 amide bonds. The molecule has 3 aromatic rings. The molecule has 2 unspecified atom stereocenters. The highest BCUT2D eigenvalue weighted by molar-refractivity contribution is 8.00. The van der Waals surface area contributed by atoms with Gasteiger partial charge in [0.2, 0.25) is 11.1 Å². The van der Waals surface area contributed by atoms with Gasteiger partial charge in [-0.2, -0.15) is 0 Å². The van der Waals surface area contributed by atoms with E-state index in [1.165, 1.54) is 17.3 Å². The molecule has 9 heteroatoms. The zero-order valence-electron chi connectivity index (χ0n) is 18.0. The summed E-state index contributed by atoms with van der Waals surface area (Å²) in [6, 6.07) is 15.9. The molecule has 0 saturated carbocycles. The zero-order valence-corrected chi connectivity index (χ0v) is 19.6. The van der Waals surface area contributed by atoms with E-state index in [1.54, 1.807) is 25.3 Å². The van der Waals surface area contributed by atoms with Crippen molar-refractivity contribution in [2.75, 3.05) is 20.2 Å². The van der Waals surface area contributed by atoms with Crippen LogP contribution in [0.2, 0.25) is 5.02 Å². The fourth-order valence-corrected chi connectivity index (χ4v) is 4.66. The first kappa shape index (κ1) is 22.6. The van der Waals surface area contributed by atoms with E-state index in [0.29, 0.717) is 21.8 Å². The number of nitrogens with zero attached hydrogens (tertiary/aromatic N) is 3. The normalized spacial score (nSPS) is 17.3. The van der Waals surface area contributed by atoms with Crippen molar-refractivity contribution in [3.8, 4) is 17.1 Å². The lowest BCUT2D eigenvalue weighted by atomic mass is 10.2. The van der Waals surface area contributed by atoms with Crippen LogP contribution in [0.3, 0.4) is 0 Å². The summed E-state index contributed by atoms with van der Waals surface area (Å²) in [5.41, 5.74) is 2.01. The molecular formula is C23H26ClN5O2S. The Kier molecular flexibility index (Phi) is 7.34. The molecule has 1 aliphatic rings. The number of methoxy groups -OCH3 is 1. The van der Waals surface area contributed by atoms with Gasteiger partial charge in [-0.1, -0.05) is 53.7 Å². The number of rotatable bonds is 8. The van der Waals surface area contributed by atoms with Crippen LogP contribution in [0.15, 0.2) is 53.7 Å². The van der Waals surface area contributed by atoms with E-state index in [9.17, 15) is 4.79 Å². The van der Waals surface area contributed by atoms with Crippen LogP contribution in [0.1, 0.15) is 18.9 Å². The fourth-order valence-electron chi connectivity index (χ4n) is 3.75. The third-order valence-corrected chi connectivity index (χ3v) is 6.60. The maximum Gasteiger partial charge on any atom is 0.233 e. The molecule has 0 bridgehead atoms. The predicted molar refractivity (Wildman–Crippen MR) is 127 cm³/mol. The van der Waals surface area contributed by atoms with Crippen molar-refractivity contribution in [3.05, 3.63) is 59.1 Å². The van der Waals surface area contributed by atoms with Gasteiger partial charge in [-0.25, -0.2) is 4.98 Å². The Balaban J connectivity index is 1.31. The topological polar surface area (TPSA) is 83.1 Å². The third kappa shape index (κ3) is 5.62. The Morgan fingerprint density at radius 1 is 1.34 bits per heavy atom. The number of amides is 1. The molecule has 1 aliphatic heterocycles. The number of thioether (sulfide) groups is 1. The summed E-state index contributed by atoms with van der Waals surface area (Å²) in [4.78, 5) is 19.6. The summed E-state index contributed by atoms with van der Waals surface area (Å²) in [7, 11) is 1.59. The summed E-state index contributed by atoms with van der Waals surface area (Å²) < 4.78 is 5.38. The van der Waals surface area contributed by atoms with E-state index in [4.69, 9.17) is 16.3 Å². The first-order chi connectivity index (χ1) is 15.5. The van der Waals surface area contributed by atoms with Crippen molar-refractivity contribution >= 4 is 29.3 Å². The number of likely N-dealkylation sites (tertiary alicyclic amines) is 1. The highest BCUT2D eigenvalue weighted by Crippen LogP contribution is 2.31. The number of carbonyl (C=O) groups is 1. The van der Waals surface area contributed by atoms with Gasteiger partial charge in [0.1, 0.15) is 5.75 Å². The molecular weight excluding hydrogens is 446 g/mol. The summed E-state index contributed by atoms with van der Waals surface area (Å²) in [5, 5.41) is 11.1. The molecule has 1 fully saturated rings. The minimum atomic E-state index is -0.317. The smallest absolute Gasteiger partial charge is 0.233 e. The van der Waals surface area contributed by atoms with Crippen LogP contribution in [0.5, 0.6) is 5.75 Å². The van der Waals surface area contributed by atoms with E-state index < -0.39 is 0 Å². The van der Waals surface area contributed by atoms with Gasteiger partial charge in [0.15, 0.2) is 5.82 Å². The molecule has 1 aromatic heterocycles. The number of halogens is 1. The number of aromatic nitrogens is 3. The predicted octanol–water partition coefficient (Wildman–Crippen LogP) is 4.01. The van der Waals surface area contributed by atoms with Gasteiger partial charge in [0, 0.05) is 30.7 Å². The minimum absolute atomic E-state index is 0.00625. The number of hydrogen-bond acceptors (Lipinski definition) is 6. The molecule has 2 heterocycles. The van der Waals surface area contributed by atoms with Gasteiger partial charge in [0.05, 0.1) is 17.9 Å². The standard InChI is InChI=1S/C23H26ClN5O2S/c1-15(22(30)25-18-10-11-29(14-18)13-16-6-4-3-5-7-16)32-23-26-21(27-28-23)19-12-17(24)8-9-20(19)31-2/h3-9,12,15,18H,10-11,13-14H2,1-2H3,(H,25,30)(H,26,27,28). The van der Waals surface area contributed by atoms with E-state index in [-0.39, 0.29) is 17.2 Å². The van der Waals surface area contributed by atoms with Crippen molar-refractivity contribution in [2.45, 2.75) is 36.3 Å². The van der Waals surface area contributed by atoms with E-state index >= 15 is 0 Å². The second-order valence-electron chi connectivity index (χ2n) is 7.79. The van der Waals surface area contributed by atoms with Crippen molar-refractivity contribution in [2.24, 2.45) is 0 Å². The van der Waals surface area contributed by atoms with E-state index in [2.05, 4.69) is 49.7 Å². The van der Waals surface area contributed by atoms with E-state index in [0.717, 1.165) is 31.6 Å². The van der Waals surface area contributed by atoms with Crippen molar-refractivity contribution in [3.63, 3.8) is 0 Å². The molecule has 4 rings (SSSR count). The molecule has 0 radical (unpaired) electrons. The van der Waals surface area contributed by atoms with Crippen LogP contribution in [0.4, 0.5) is 0 Å². The lowest BCUT2D eigenvalue weighted by Crippen LogP contribution is -2.40. The zero-order chi connectivity index (χ0) is 22.5. The number of hydrogen-bond donors (Lipinski definition) is 2. The Morgan fingerprint density at radius 3 is 2.94 bits per heavy atom. The van der Waals surface area contributed by atoms with Crippen LogP contribution in [-0.4, -0.2) is 57.5 Å². The monoisotopic (exact) mass is 471 g/mol. The lowest BCUT2D eigenvalue weighted by Gasteiger charge is -2.18. The summed E-state index contributed by atoms with van der Waals surface area (Å²) >= 11 is 7.43. The summed E-state index contributed by atoms with van der Waals surface area (Å²) in [6.07, 6.45) is 0.954. The molecule has 32 heavy (non-hydrogen) atoms. The Morgan fingerprint density at radius 2 is 2.16 bits per heavy atom. The Bertz CT molecular complexity index is 1060. The number of H-pyrrole nitrogens is 1. The van der Waals surface area contributed by atoms with Crippen LogP contribution >= 0.6 is 23.4 Å². The largest absolute Gasteiger partial charge is 0.496 e. The SMILES string of the molecule is COc1ccc(Cl)cc1-c1nc(SC(C)C(=O)NC2CCN(Cc3ccccc3)C2)n[nH]1. The maximum absolute atomic E-state index is 12.7. The van der Waals surface area contributed by atoms with Crippen molar-refractivity contribution < 1.29 is 9.53 Å². The quantitative estimate of drug-likeness (QED) is 0.483. The third-order valence-electron chi connectivity index (χ3n) is 5.40. The van der Waals surface area contributed by atoms with Crippen LogP contribution in [0.25, 0.3) is 11.4 Å². The number of ether oxygens (including phenoxy) is 1. The van der Waals surface area contributed by atoms with Crippen molar-refractivity contribution in [1.29, 1.82) is 0 Å². The molecule has 2 atom stereocenters. The number of benzene rings is 2. The fraction of sp³-hybridized carbons (Fsp3) is 0.348. The number of carbonyl (C=O) groups excluding carboxylic acids is 1. The minimum Gasteiger partial charge on any atom is -0.496 e. The van der Waals surface area contributed by atoms with Crippen molar-refractivity contribution in [1.82, 2.24) is 25.4 Å². The summed E-state index contributed by atoms with van der Waals surface area (Å²) in [5.74, 6) is 1.19. The average molecular weight is 472 g/mol. The first-order valence-electron chi connectivity index (χ1n) is 10.5. The molecule has 7 nitrogen and oxygen atoms in total. The number of nitrogens with one attached hydrogen (secondary N) is 2. The summed E-state index contributed by atoms with van der Waals surface area (Å²) in [6.45, 7) is 4.61. The van der Waals surface area contributed by atoms with Gasteiger partial charge in [-0.3, -0.25) is 14.8 Å². The molecule has 1 saturated heterocycles. The van der Waals surface area contributed by atoms with Crippen LogP contribution < -0.4 is 10.1 Å². The molecule has 0 aliphatic carbocycles. The molecule has 2 aromatic carbocycles. The highest BCUT2D eigenvalue weighted by atomic mass is 35.5. The van der Waals surface area contributed by atoms with Gasteiger partial charge in [-0.05, 0) is 37.1 Å². The Labute approximate surface area is 196 Å². The second kappa shape index (κ2) is 10.4. The van der Waals surface area contributed by atoms with Crippen LogP contribution in [0, 0.1) is 0 Å². The maximum atomic E-state index is 12.7. The Hall–Kier alpha value is -2.55. The van der Waals surface area contributed by atoms with Gasteiger partial charge >= 0.3 is 0 Å². The van der Waals surface area contributed by atoms with Crippen LogP contribution in [-0.2, 0) is 11.3 Å². The second-order valence-corrected chi connectivity index (χ2v) is 9.53. The highest BCUT2D eigenvalue weighted by Gasteiger charge is 2.26. The molecule has 2 N–H and O–H groups in total. The average Bonchev–Trinajstić information content (AvgIpc) is 3.44. The molecule has 168 valence electrons. The van der Waals surface area contributed by atoms with Gasteiger partial charge in [0.25, 0.3) is 0 Å².